The number of amides is 1. The van der Waals surface area contributed by atoms with Gasteiger partial charge >= 0.3 is 0 Å². The smallest absolute Gasteiger partial charge is 0.241 e. The largest absolute Gasteiger partial charge is 0.497 e. The third-order valence-electron chi connectivity index (χ3n) is 3.26. The molecule has 7 nitrogen and oxygen atoms in total. The molecule has 1 unspecified atom stereocenters. The predicted octanol–water partition coefficient (Wildman–Crippen LogP) is 0.348. The SMILES string of the molecule is COc1ccc(S(=O)(=O)NC(C)C(=O)NCCN(C)C)c(C)c1. The Balaban J connectivity index is 2.76. The van der Waals surface area contributed by atoms with Crippen LogP contribution in [0.3, 0.4) is 0 Å². The summed E-state index contributed by atoms with van der Waals surface area (Å²) >= 11 is 0. The molecule has 1 amide bonds. The van der Waals surface area contributed by atoms with E-state index in [2.05, 4.69) is 10.0 Å². The molecule has 0 radical (unpaired) electrons. The summed E-state index contributed by atoms with van der Waals surface area (Å²) in [4.78, 5) is 14.0. The Morgan fingerprint density at radius 2 is 2.00 bits per heavy atom. The second kappa shape index (κ2) is 8.28. The molecule has 0 bridgehead atoms. The molecular formula is C15H25N3O4S. The van der Waals surface area contributed by atoms with E-state index in [0.717, 1.165) is 0 Å². The number of carbonyl (C=O) groups is 1. The number of rotatable bonds is 8. The Hall–Kier alpha value is -1.64. The molecule has 0 heterocycles. The highest BCUT2D eigenvalue weighted by Gasteiger charge is 2.23. The first-order valence-corrected chi connectivity index (χ1v) is 8.75. The molecule has 1 aromatic carbocycles. The third-order valence-corrected chi connectivity index (χ3v) is 4.96. The Morgan fingerprint density at radius 3 is 2.52 bits per heavy atom. The van der Waals surface area contributed by atoms with E-state index in [9.17, 15) is 13.2 Å². The maximum atomic E-state index is 12.4. The van der Waals surface area contributed by atoms with E-state index in [1.807, 2.05) is 19.0 Å². The molecular weight excluding hydrogens is 318 g/mol. The average molecular weight is 343 g/mol. The molecule has 0 fully saturated rings. The van der Waals surface area contributed by atoms with Crippen molar-refractivity contribution in [3.05, 3.63) is 23.8 Å². The van der Waals surface area contributed by atoms with E-state index in [1.54, 1.807) is 19.1 Å². The van der Waals surface area contributed by atoms with Gasteiger partial charge in [-0.1, -0.05) is 0 Å². The number of benzene rings is 1. The summed E-state index contributed by atoms with van der Waals surface area (Å²) < 4.78 is 32.3. The molecule has 0 saturated carbocycles. The summed E-state index contributed by atoms with van der Waals surface area (Å²) in [6.45, 7) is 4.34. The molecule has 2 N–H and O–H groups in total. The highest BCUT2D eigenvalue weighted by Crippen LogP contribution is 2.21. The number of hydrogen-bond acceptors (Lipinski definition) is 5. The van der Waals surface area contributed by atoms with E-state index in [0.29, 0.717) is 24.4 Å². The monoisotopic (exact) mass is 343 g/mol. The molecule has 0 aliphatic rings. The Labute approximate surface area is 138 Å². The van der Waals surface area contributed by atoms with Crippen molar-refractivity contribution >= 4 is 15.9 Å². The molecule has 1 aromatic rings. The van der Waals surface area contributed by atoms with Crippen LogP contribution in [-0.4, -0.2) is 59.6 Å². The van der Waals surface area contributed by atoms with Gasteiger partial charge < -0.3 is 15.0 Å². The van der Waals surface area contributed by atoms with Crippen molar-refractivity contribution < 1.29 is 17.9 Å². The number of nitrogens with zero attached hydrogens (tertiary/aromatic N) is 1. The van der Waals surface area contributed by atoms with Crippen LogP contribution < -0.4 is 14.8 Å². The molecule has 0 aliphatic carbocycles. The van der Waals surface area contributed by atoms with E-state index in [-0.39, 0.29) is 10.8 Å². The van der Waals surface area contributed by atoms with Crippen molar-refractivity contribution in [2.75, 3.05) is 34.3 Å². The second-order valence-electron chi connectivity index (χ2n) is 5.57. The lowest BCUT2D eigenvalue weighted by Crippen LogP contribution is -2.46. The zero-order chi connectivity index (χ0) is 17.6. The number of ether oxygens (including phenoxy) is 1. The topological polar surface area (TPSA) is 87.7 Å². The first kappa shape index (κ1) is 19.4. The molecule has 0 aliphatic heterocycles. The Bertz CT molecular complexity index is 644. The van der Waals surface area contributed by atoms with E-state index >= 15 is 0 Å². The lowest BCUT2D eigenvalue weighted by molar-refractivity contribution is -0.122. The lowest BCUT2D eigenvalue weighted by atomic mass is 10.2. The lowest BCUT2D eigenvalue weighted by Gasteiger charge is -2.17. The van der Waals surface area contributed by atoms with Crippen LogP contribution in [0, 0.1) is 6.92 Å². The highest BCUT2D eigenvalue weighted by atomic mass is 32.2. The fourth-order valence-electron chi connectivity index (χ4n) is 1.96. The zero-order valence-electron chi connectivity index (χ0n) is 14.2. The number of methoxy groups -OCH3 is 1. The molecule has 130 valence electrons. The number of likely N-dealkylation sites (N-methyl/N-ethyl adjacent to an activating group) is 1. The van der Waals surface area contributed by atoms with Crippen LogP contribution in [0.15, 0.2) is 23.1 Å². The van der Waals surface area contributed by atoms with Crippen molar-refractivity contribution in [1.29, 1.82) is 0 Å². The number of nitrogens with one attached hydrogen (secondary N) is 2. The maximum Gasteiger partial charge on any atom is 0.241 e. The predicted molar refractivity (Wildman–Crippen MR) is 89.1 cm³/mol. The molecule has 0 saturated heterocycles. The molecule has 1 atom stereocenters. The van der Waals surface area contributed by atoms with Gasteiger partial charge in [-0.25, -0.2) is 8.42 Å². The molecule has 0 aromatic heterocycles. The van der Waals surface area contributed by atoms with Gasteiger partial charge in [0.2, 0.25) is 15.9 Å². The molecule has 1 rings (SSSR count). The van der Waals surface area contributed by atoms with E-state index < -0.39 is 16.1 Å². The van der Waals surface area contributed by atoms with Crippen LogP contribution in [0.4, 0.5) is 0 Å². The normalized spacial score (nSPS) is 13.0. The van der Waals surface area contributed by atoms with Gasteiger partial charge in [-0.2, -0.15) is 4.72 Å². The van der Waals surface area contributed by atoms with Gasteiger partial charge in [0, 0.05) is 13.1 Å². The van der Waals surface area contributed by atoms with Gasteiger partial charge in [0.25, 0.3) is 0 Å². The Kier molecular flexibility index (Phi) is 6.99. The van der Waals surface area contributed by atoms with Gasteiger partial charge in [-0.05, 0) is 51.7 Å². The minimum Gasteiger partial charge on any atom is -0.497 e. The standard InChI is InChI=1S/C15H25N3O4S/c1-11-10-13(22-5)6-7-14(11)23(20,21)17-12(2)15(19)16-8-9-18(3)4/h6-7,10,12,17H,8-9H2,1-5H3,(H,16,19). The summed E-state index contributed by atoms with van der Waals surface area (Å²) in [5, 5.41) is 2.69. The summed E-state index contributed by atoms with van der Waals surface area (Å²) in [7, 11) is 1.52. The van der Waals surface area contributed by atoms with Crippen molar-refractivity contribution in [3.8, 4) is 5.75 Å². The van der Waals surface area contributed by atoms with Gasteiger partial charge in [0.1, 0.15) is 5.75 Å². The molecule has 0 spiro atoms. The van der Waals surface area contributed by atoms with Gasteiger partial charge in [-0.15, -0.1) is 0 Å². The minimum atomic E-state index is -3.78. The number of aryl methyl sites for hydroxylation is 1. The fraction of sp³-hybridized carbons (Fsp3) is 0.533. The van der Waals surface area contributed by atoms with Crippen molar-refractivity contribution in [2.24, 2.45) is 0 Å². The van der Waals surface area contributed by atoms with Crippen LogP contribution in [0.5, 0.6) is 5.75 Å². The maximum absolute atomic E-state index is 12.4. The highest BCUT2D eigenvalue weighted by molar-refractivity contribution is 7.89. The average Bonchev–Trinajstić information content (AvgIpc) is 2.45. The summed E-state index contributed by atoms with van der Waals surface area (Å²) in [5.74, 6) is 0.220. The molecule has 23 heavy (non-hydrogen) atoms. The van der Waals surface area contributed by atoms with Gasteiger partial charge in [0.15, 0.2) is 0 Å². The molecule has 8 heteroatoms. The number of hydrogen-bond donors (Lipinski definition) is 2. The van der Waals surface area contributed by atoms with Crippen LogP contribution >= 0.6 is 0 Å². The van der Waals surface area contributed by atoms with Gasteiger partial charge in [-0.3, -0.25) is 4.79 Å². The first-order valence-electron chi connectivity index (χ1n) is 7.27. The van der Waals surface area contributed by atoms with Gasteiger partial charge in [0.05, 0.1) is 18.0 Å². The fourth-order valence-corrected chi connectivity index (χ4v) is 3.39. The van der Waals surface area contributed by atoms with Crippen LogP contribution in [0.1, 0.15) is 12.5 Å². The number of carbonyl (C=O) groups excluding carboxylic acids is 1. The zero-order valence-corrected chi connectivity index (χ0v) is 15.0. The van der Waals surface area contributed by atoms with Crippen LogP contribution in [0.2, 0.25) is 0 Å². The quantitative estimate of drug-likeness (QED) is 0.711. The van der Waals surface area contributed by atoms with Crippen LogP contribution in [-0.2, 0) is 14.8 Å². The third kappa shape index (κ3) is 5.81. The number of sulfonamides is 1. The van der Waals surface area contributed by atoms with Crippen molar-refractivity contribution in [2.45, 2.75) is 24.8 Å². The minimum absolute atomic E-state index is 0.131. The van der Waals surface area contributed by atoms with E-state index in [1.165, 1.54) is 20.1 Å². The van der Waals surface area contributed by atoms with Crippen molar-refractivity contribution in [3.63, 3.8) is 0 Å². The second-order valence-corrected chi connectivity index (χ2v) is 7.25. The summed E-state index contributed by atoms with van der Waals surface area (Å²) in [6, 6.07) is 3.82. The summed E-state index contributed by atoms with van der Waals surface area (Å²) in [5.41, 5.74) is 0.553. The first-order chi connectivity index (χ1) is 10.7. The Morgan fingerprint density at radius 1 is 1.35 bits per heavy atom. The summed E-state index contributed by atoms with van der Waals surface area (Å²) in [6.07, 6.45) is 0. The van der Waals surface area contributed by atoms with Crippen LogP contribution in [0.25, 0.3) is 0 Å². The van der Waals surface area contributed by atoms with Crippen molar-refractivity contribution in [1.82, 2.24) is 14.9 Å². The van der Waals surface area contributed by atoms with E-state index in [4.69, 9.17) is 4.74 Å².